The molecule has 0 aliphatic carbocycles. The quantitative estimate of drug-likeness (QED) is 0.919. The Morgan fingerprint density at radius 2 is 2.05 bits per heavy atom. The molecule has 0 spiro atoms. The van der Waals surface area contributed by atoms with Gasteiger partial charge in [-0.25, -0.2) is 0 Å². The van der Waals surface area contributed by atoms with Crippen LogP contribution in [0, 0.1) is 6.92 Å². The van der Waals surface area contributed by atoms with E-state index in [0.29, 0.717) is 5.69 Å². The standard InChI is InChI=1S/C13H11ClF3N3O/c1-7-9(6-18-20(7)2)12(21)19-11-5-8(13(15,16)17)3-4-10(11)14/h3-6H,1-2H3,(H,19,21). The first-order chi connectivity index (χ1) is 9.70. The summed E-state index contributed by atoms with van der Waals surface area (Å²) in [6, 6.07) is 2.75. The van der Waals surface area contributed by atoms with Crippen LogP contribution in [0.4, 0.5) is 18.9 Å². The van der Waals surface area contributed by atoms with Gasteiger partial charge in [0.25, 0.3) is 5.91 Å². The fourth-order valence-corrected chi connectivity index (χ4v) is 1.87. The Bertz CT molecular complexity index is 694. The van der Waals surface area contributed by atoms with E-state index >= 15 is 0 Å². The number of alkyl halides is 3. The van der Waals surface area contributed by atoms with E-state index in [-0.39, 0.29) is 16.3 Å². The van der Waals surface area contributed by atoms with Crippen LogP contribution >= 0.6 is 11.6 Å². The Morgan fingerprint density at radius 3 is 2.57 bits per heavy atom. The van der Waals surface area contributed by atoms with Crippen molar-refractivity contribution in [3.8, 4) is 0 Å². The molecule has 0 aliphatic heterocycles. The van der Waals surface area contributed by atoms with Gasteiger partial charge in [0.1, 0.15) is 0 Å². The van der Waals surface area contributed by atoms with Crippen molar-refractivity contribution in [1.29, 1.82) is 0 Å². The molecule has 0 bridgehead atoms. The summed E-state index contributed by atoms with van der Waals surface area (Å²) in [5.74, 6) is -0.568. The van der Waals surface area contributed by atoms with E-state index in [9.17, 15) is 18.0 Å². The lowest BCUT2D eigenvalue weighted by Crippen LogP contribution is -2.14. The van der Waals surface area contributed by atoms with Crippen LogP contribution in [0.15, 0.2) is 24.4 Å². The van der Waals surface area contributed by atoms with Crippen LogP contribution in [0.25, 0.3) is 0 Å². The summed E-state index contributed by atoms with van der Waals surface area (Å²) in [4.78, 5) is 12.1. The van der Waals surface area contributed by atoms with Crippen molar-refractivity contribution in [2.75, 3.05) is 5.32 Å². The van der Waals surface area contributed by atoms with Crippen molar-refractivity contribution < 1.29 is 18.0 Å². The minimum absolute atomic E-state index is 0.0258. The first-order valence-corrected chi connectivity index (χ1v) is 6.24. The van der Waals surface area contributed by atoms with Gasteiger partial charge in [-0.3, -0.25) is 9.48 Å². The second kappa shape index (κ2) is 5.40. The molecule has 0 radical (unpaired) electrons. The molecule has 1 aromatic heterocycles. The molecule has 4 nitrogen and oxygen atoms in total. The second-order valence-electron chi connectivity index (χ2n) is 4.41. The first-order valence-electron chi connectivity index (χ1n) is 5.87. The van der Waals surface area contributed by atoms with Gasteiger partial charge in [-0.05, 0) is 25.1 Å². The van der Waals surface area contributed by atoms with E-state index in [1.54, 1.807) is 14.0 Å². The molecule has 0 saturated carbocycles. The highest BCUT2D eigenvalue weighted by molar-refractivity contribution is 6.34. The lowest BCUT2D eigenvalue weighted by Gasteiger charge is -2.11. The second-order valence-corrected chi connectivity index (χ2v) is 4.82. The topological polar surface area (TPSA) is 46.9 Å². The average Bonchev–Trinajstić information content (AvgIpc) is 2.71. The number of halogens is 4. The summed E-state index contributed by atoms with van der Waals surface area (Å²) in [5, 5.41) is 6.30. The monoisotopic (exact) mass is 317 g/mol. The Kier molecular flexibility index (Phi) is 3.95. The zero-order valence-electron chi connectivity index (χ0n) is 11.1. The molecular weight excluding hydrogens is 307 g/mol. The van der Waals surface area contributed by atoms with Gasteiger partial charge in [-0.2, -0.15) is 18.3 Å². The normalized spacial score (nSPS) is 11.5. The van der Waals surface area contributed by atoms with Gasteiger partial charge in [0.15, 0.2) is 0 Å². The Balaban J connectivity index is 2.31. The van der Waals surface area contributed by atoms with Crippen molar-refractivity contribution in [3.63, 3.8) is 0 Å². The average molecular weight is 318 g/mol. The van der Waals surface area contributed by atoms with Crippen molar-refractivity contribution in [2.24, 2.45) is 7.05 Å². The van der Waals surface area contributed by atoms with Gasteiger partial charge in [0.05, 0.1) is 28.0 Å². The van der Waals surface area contributed by atoms with Gasteiger partial charge >= 0.3 is 6.18 Å². The van der Waals surface area contributed by atoms with E-state index in [2.05, 4.69) is 10.4 Å². The molecule has 0 aliphatic rings. The largest absolute Gasteiger partial charge is 0.416 e. The van der Waals surface area contributed by atoms with Crippen LogP contribution in [0.5, 0.6) is 0 Å². The van der Waals surface area contributed by atoms with Crippen molar-refractivity contribution in [1.82, 2.24) is 9.78 Å². The van der Waals surface area contributed by atoms with Crippen molar-refractivity contribution in [3.05, 3.63) is 46.2 Å². The van der Waals surface area contributed by atoms with Crippen LogP contribution in [0.2, 0.25) is 5.02 Å². The number of hydrogen-bond donors (Lipinski definition) is 1. The number of carbonyl (C=O) groups excluding carboxylic acids is 1. The van der Waals surface area contributed by atoms with Crippen LogP contribution in [-0.4, -0.2) is 15.7 Å². The van der Waals surface area contributed by atoms with Gasteiger partial charge in [-0.15, -0.1) is 0 Å². The highest BCUT2D eigenvalue weighted by Gasteiger charge is 2.31. The summed E-state index contributed by atoms with van der Waals surface area (Å²) >= 11 is 5.82. The van der Waals surface area contributed by atoms with Gasteiger partial charge in [-0.1, -0.05) is 11.6 Å². The number of rotatable bonds is 2. The number of hydrogen-bond acceptors (Lipinski definition) is 2. The van der Waals surface area contributed by atoms with E-state index in [1.807, 2.05) is 0 Å². The molecule has 112 valence electrons. The maximum Gasteiger partial charge on any atom is 0.416 e. The number of carbonyl (C=O) groups is 1. The molecule has 1 amide bonds. The number of benzene rings is 1. The summed E-state index contributed by atoms with van der Waals surface area (Å²) < 4.78 is 39.5. The lowest BCUT2D eigenvalue weighted by molar-refractivity contribution is -0.137. The smallest absolute Gasteiger partial charge is 0.321 e. The molecule has 1 N–H and O–H groups in total. The van der Waals surface area contributed by atoms with E-state index in [1.165, 1.54) is 10.9 Å². The molecule has 2 aromatic rings. The Labute approximate surface area is 123 Å². The van der Waals surface area contributed by atoms with Crippen LogP contribution < -0.4 is 5.32 Å². The molecule has 1 aromatic carbocycles. The predicted molar refractivity (Wildman–Crippen MR) is 72.4 cm³/mol. The van der Waals surface area contributed by atoms with Gasteiger partial charge in [0, 0.05) is 12.7 Å². The third-order valence-corrected chi connectivity index (χ3v) is 3.35. The van der Waals surface area contributed by atoms with Crippen LogP contribution in [0.3, 0.4) is 0 Å². The fourth-order valence-electron chi connectivity index (χ4n) is 1.71. The SMILES string of the molecule is Cc1c(C(=O)Nc2cc(C(F)(F)F)ccc2Cl)cnn1C. The van der Waals surface area contributed by atoms with E-state index < -0.39 is 17.6 Å². The number of nitrogens with one attached hydrogen (secondary N) is 1. The Hall–Kier alpha value is -2.02. The number of aromatic nitrogens is 2. The molecule has 1 heterocycles. The van der Waals surface area contributed by atoms with Crippen LogP contribution in [0.1, 0.15) is 21.6 Å². The lowest BCUT2D eigenvalue weighted by atomic mass is 10.2. The maximum atomic E-state index is 12.7. The third-order valence-electron chi connectivity index (χ3n) is 3.02. The Morgan fingerprint density at radius 1 is 1.38 bits per heavy atom. The molecule has 0 fully saturated rings. The molecule has 0 atom stereocenters. The van der Waals surface area contributed by atoms with Gasteiger partial charge in [0.2, 0.25) is 0 Å². The maximum absolute atomic E-state index is 12.7. The fraction of sp³-hybridized carbons (Fsp3) is 0.231. The molecule has 21 heavy (non-hydrogen) atoms. The van der Waals surface area contributed by atoms with Gasteiger partial charge < -0.3 is 5.32 Å². The third kappa shape index (κ3) is 3.18. The van der Waals surface area contributed by atoms with Crippen molar-refractivity contribution in [2.45, 2.75) is 13.1 Å². The zero-order chi connectivity index (χ0) is 15.8. The summed E-state index contributed by atoms with van der Waals surface area (Å²) in [7, 11) is 1.66. The minimum atomic E-state index is -4.51. The molecule has 8 heteroatoms. The highest BCUT2D eigenvalue weighted by Crippen LogP contribution is 2.34. The summed E-state index contributed by atoms with van der Waals surface area (Å²) in [6.07, 6.45) is -3.17. The predicted octanol–water partition coefficient (Wildman–Crippen LogP) is 3.65. The number of anilines is 1. The number of nitrogens with zero attached hydrogens (tertiary/aromatic N) is 2. The first kappa shape index (κ1) is 15.4. The molecule has 2 rings (SSSR count). The molecule has 0 unspecified atom stereocenters. The van der Waals surface area contributed by atoms with Crippen molar-refractivity contribution >= 4 is 23.2 Å². The van der Waals surface area contributed by atoms with Crippen LogP contribution in [-0.2, 0) is 13.2 Å². The number of amides is 1. The zero-order valence-corrected chi connectivity index (χ0v) is 11.9. The van der Waals surface area contributed by atoms with E-state index in [0.717, 1.165) is 18.2 Å². The van der Waals surface area contributed by atoms with E-state index in [4.69, 9.17) is 11.6 Å². The number of aryl methyl sites for hydroxylation is 1. The summed E-state index contributed by atoms with van der Waals surface area (Å²) in [6.45, 7) is 1.68. The highest BCUT2D eigenvalue weighted by atomic mass is 35.5. The minimum Gasteiger partial charge on any atom is -0.321 e. The molecule has 0 saturated heterocycles. The molecular formula is C13H11ClF3N3O. The summed E-state index contributed by atoms with van der Waals surface area (Å²) in [5.41, 5.74) is -0.119.